The molecular formula is C31H38ClN3O2. The highest BCUT2D eigenvalue weighted by Gasteiger charge is 2.38. The highest BCUT2D eigenvalue weighted by molar-refractivity contribution is 6.30. The van der Waals surface area contributed by atoms with E-state index in [9.17, 15) is 4.79 Å². The molecule has 1 heterocycles. The fraction of sp³-hybridized carbons (Fsp3) is 0.387. The van der Waals surface area contributed by atoms with Crippen LogP contribution in [-0.2, 0) is 24.2 Å². The summed E-state index contributed by atoms with van der Waals surface area (Å²) in [6.45, 7) is 9.17. The van der Waals surface area contributed by atoms with Crippen molar-refractivity contribution in [1.82, 2.24) is 4.90 Å². The van der Waals surface area contributed by atoms with Crippen LogP contribution >= 0.6 is 11.6 Å². The topological polar surface area (TPSA) is 58.8 Å². The molecule has 6 heteroatoms. The Hall–Kier alpha value is -3.02. The molecule has 0 aliphatic carbocycles. The fourth-order valence-corrected chi connectivity index (χ4v) is 5.17. The Bertz CT molecular complexity index is 1160. The van der Waals surface area contributed by atoms with Crippen LogP contribution in [0.1, 0.15) is 37.5 Å². The molecule has 0 unspecified atom stereocenters. The third kappa shape index (κ3) is 7.73. The van der Waals surface area contributed by atoms with Crippen molar-refractivity contribution in [3.63, 3.8) is 0 Å². The van der Waals surface area contributed by atoms with Gasteiger partial charge in [-0.3, -0.25) is 0 Å². The van der Waals surface area contributed by atoms with E-state index < -0.39 is 5.60 Å². The van der Waals surface area contributed by atoms with Crippen LogP contribution in [0.3, 0.4) is 0 Å². The maximum Gasteiger partial charge on any atom is 0.410 e. The molecule has 2 N–H and O–H groups in total. The number of nitrogens with zero attached hydrogens (tertiary/aromatic N) is 2. The second-order valence-corrected chi connectivity index (χ2v) is 11.4. The van der Waals surface area contributed by atoms with Gasteiger partial charge in [0, 0.05) is 43.4 Å². The molecule has 37 heavy (non-hydrogen) atoms. The van der Waals surface area contributed by atoms with Gasteiger partial charge < -0.3 is 20.3 Å². The summed E-state index contributed by atoms with van der Waals surface area (Å²) in [5.41, 5.74) is 10.1. The third-order valence-corrected chi connectivity index (χ3v) is 7.07. The monoisotopic (exact) mass is 519 g/mol. The molecule has 196 valence electrons. The molecule has 1 saturated heterocycles. The Kier molecular flexibility index (Phi) is 8.78. The lowest BCUT2D eigenvalue weighted by Gasteiger charge is -2.30. The number of carbonyl (C=O) groups is 1. The van der Waals surface area contributed by atoms with Gasteiger partial charge in [-0.15, -0.1) is 0 Å². The number of nitrogens with two attached hydrogens (primary N) is 1. The van der Waals surface area contributed by atoms with Crippen LogP contribution in [0.15, 0.2) is 78.9 Å². The number of halogens is 1. The van der Waals surface area contributed by atoms with Gasteiger partial charge in [-0.25, -0.2) is 4.79 Å². The maximum atomic E-state index is 13.0. The molecule has 2 atom stereocenters. The maximum absolute atomic E-state index is 13.0. The van der Waals surface area contributed by atoms with Gasteiger partial charge in [0.25, 0.3) is 0 Å². The Labute approximate surface area is 226 Å². The van der Waals surface area contributed by atoms with Crippen molar-refractivity contribution in [1.29, 1.82) is 0 Å². The van der Waals surface area contributed by atoms with E-state index in [0.717, 1.165) is 30.8 Å². The molecule has 3 aromatic rings. The summed E-state index contributed by atoms with van der Waals surface area (Å²) in [6, 6.07) is 27.0. The van der Waals surface area contributed by atoms with Crippen LogP contribution in [0, 0.1) is 11.8 Å². The zero-order chi connectivity index (χ0) is 26.4. The van der Waals surface area contributed by atoms with Crippen molar-refractivity contribution in [3.05, 3.63) is 101 Å². The number of hydrogen-bond acceptors (Lipinski definition) is 4. The SMILES string of the molecule is CC(C)(C)OC(=O)N1C[C@H](CN(Cc2cccc(CN)c2)c2ccc(Cl)cc2)[C@@H](Cc2ccccc2)C1. The molecule has 1 aliphatic heterocycles. The van der Waals surface area contributed by atoms with Crippen LogP contribution in [0.4, 0.5) is 10.5 Å². The second kappa shape index (κ2) is 12.0. The number of anilines is 1. The van der Waals surface area contributed by atoms with Crippen molar-refractivity contribution >= 4 is 23.4 Å². The summed E-state index contributed by atoms with van der Waals surface area (Å²) in [5, 5.41) is 0.716. The van der Waals surface area contributed by atoms with E-state index in [1.807, 2.05) is 43.9 Å². The number of likely N-dealkylation sites (tertiary alicyclic amines) is 1. The van der Waals surface area contributed by atoms with E-state index in [4.69, 9.17) is 22.1 Å². The standard InChI is InChI=1S/C31H38ClN3O2/c1-31(2,3)37-30(36)35-20-26(17-23-8-5-4-6-9-23)27(22-35)21-34(29-14-12-28(32)13-15-29)19-25-11-7-10-24(16-25)18-33/h4-16,26-27H,17-22,33H2,1-3H3/t26-,27-/m0/s1. The first kappa shape index (κ1) is 27.0. The predicted molar refractivity (Wildman–Crippen MR) is 152 cm³/mol. The normalized spacial score (nSPS) is 17.6. The van der Waals surface area contributed by atoms with Crippen LogP contribution in [0.25, 0.3) is 0 Å². The molecule has 0 bridgehead atoms. The minimum atomic E-state index is -0.520. The smallest absolute Gasteiger partial charge is 0.410 e. The number of benzene rings is 3. The summed E-state index contributed by atoms with van der Waals surface area (Å²) in [6.07, 6.45) is 0.684. The summed E-state index contributed by atoms with van der Waals surface area (Å²) in [7, 11) is 0. The highest BCUT2D eigenvalue weighted by atomic mass is 35.5. The van der Waals surface area contributed by atoms with E-state index in [2.05, 4.69) is 65.6 Å². The quantitative estimate of drug-likeness (QED) is 0.367. The number of amides is 1. The summed E-state index contributed by atoms with van der Waals surface area (Å²) < 4.78 is 5.74. The first-order valence-corrected chi connectivity index (χ1v) is 13.4. The van der Waals surface area contributed by atoms with E-state index in [1.165, 1.54) is 11.1 Å². The molecule has 1 fully saturated rings. The van der Waals surface area contributed by atoms with Crippen LogP contribution < -0.4 is 10.6 Å². The Morgan fingerprint density at radius 2 is 1.59 bits per heavy atom. The minimum absolute atomic E-state index is 0.234. The van der Waals surface area contributed by atoms with Crippen LogP contribution in [0.5, 0.6) is 0 Å². The van der Waals surface area contributed by atoms with E-state index in [-0.39, 0.29) is 12.0 Å². The molecule has 0 aromatic heterocycles. The molecular weight excluding hydrogens is 482 g/mol. The average Bonchev–Trinajstić information content (AvgIpc) is 3.26. The predicted octanol–water partition coefficient (Wildman–Crippen LogP) is 6.53. The molecule has 0 saturated carbocycles. The number of rotatable bonds is 8. The van der Waals surface area contributed by atoms with Gasteiger partial charge in [-0.1, -0.05) is 66.2 Å². The van der Waals surface area contributed by atoms with Gasteiger partial charge in [0.05, 0.1) is 0 Å². The highest BCUT2D eigenvalue weighted by Crippen LogP contribution is 2.31. The Morgan fingerprint density at radius 1 is 0.946 bits per heavy atom. The van der Waals surface area contributed by atoms with Gasteiger partial charge in [0.1, 0.15) is 5.60 Å². The van der Waals surface area contributed by atoms with Gasteiger partial charge >= 0.3 is 6.09 Å². The third-order valence-electron chi connectivity index (χ3n) is 6.82. The fourth-order valence-electron chi connectivity index (χ4n) is 5.04. The molecule has 1 amide bonds. The Balaban J connectivity index is 1.60. The average molecular weight is 520 g/mol. The minimum Gasteiger partial charge on any atom is -0.444 e. The first-order chi connectivity index (χ1) is 17.7. The van der Waals surface area contributed by atoms with Gasteiger partial charge in [-0.2, -0.15) is 0 Å². The number of hydrogen-bond donors (Lipinski definition) is 1. The van der Waals surface area contributed by atoms with E-state index in [0.29, 0.717) is 30.6 Å². The van der Waals surface area contributed by atoms with Gasteiger partial charge in [0.2, 0.25) is 0 Å². The lowest BCUT2D eigenvalue weighted by Crippen LogP contribution is -2.36. The lowest BCUT2D eigenvalue weighted by atomic mass is 9.89. The van der Waals surface area contributed by atoms with E-state index >= 15 is 0 Å². The van der Waals surface area contributed by atoms with Crippen molar-refractivity contribution in [2.24, 2.45) is 17.6 Å². The first-order valence-electron chi connectivity index (χ1n) is 13.0. The van der Waals surface area contributed by atoms with Crippen LogP contribution in [0.2, 0.25) is 5.02 Å². The van der Waals surface area contributed by atoms with Gasteiger partial charge in [-0.05, 0) is 80.0 Å². The summed E-state index contributed by atoms with van der Waals surface area (Å²) in [4.78, 5) is 17.3. The van der Waals surface area contributed by atoms with Crippen molar-refractivity contribution in [2.75, 3.05) is 24.5 Å². The lowest BCUT2D eigenvalue weighted by molar-refractivity contribution is 0.0284. The van der Waals surface area contributed by atoms with Crippen molar-refractivity contribution < 1.29 is 9.53 Å². The van der Waals surface area contributed by atoms with Gasteiger partial charge in [0.15, 0.2) is 0 Å². The van der Waals surface area contributed by atoms with Crippen LogP contribution in [-0.4, -0.2) is 36.2 Å². The van der Waals surface area contributed by atoms with Crippen molar-refractivity contribution in [3.8, 4) is 0 Å². The second-order valence-electron chi connectivity index (χ2n) is 11.0. The summed E-state index contributed by atoms with van der Waals surface area (Å²) >= 11 is 6.22. The molecule has 4 rings (SSSR count). The molecule has 1 aliphatic rings. The van der Waals surface area contributed by atoms with Crippen molar-refractivity contribution in [2.45, 2.75) is 45.9 Å². The largest absolute Gasteiger partial charge is 0.444 e. The molecule has 0 radical (unpaired) electrons. The molecule has 3 aromatic carbocycles. The molecule has 5 nitrogen and oxygen atoms in total. The Morgan fingerprint density at radius 3 is 2.27 bits per heavy atom. The number of ether oxygens (including phenoxy) is 1. The number of carbonyl (C=O) groups excluding carboxylic acids is 1. The van der Waals surface area contributed by atoms with E-state index in [1.54, 1.807) is 0 Å². The zero-order valence-electron chi connectivity index (χ0n) is 22.1. The molecule has 0 spiro atoms. The summed E-state index contributed by atoms with van der Waals surface area (Å²) in [5.74, 6) is 0.598. The zero-order valence-corrected chi connectivity index (χ0v) is 22.8.